The number of fused-ring (bicyclic) bond motifs is 2. The quantitative estimate of drug-likeness (QED) is 0.291. The molecule has 5 aromatic carbocycles. The predicted molar refractivity (Wildman–Crippen MR) is 104 cm³/mol. The van der Waals surface area contributed by atoms with E-state index in [2.05, 4.69) is 24.3 Å². The number of ketones is 1. The van der Waals surface area contributed by atoms with E-state index >= 15 is 0 Å². The van der Waals surface area contributed by atoms with Crippen LogP contribution in [0.25, 0.3) is 43.4 Å². The lowest BCUT2D eigenvalue weighted by molar-refractivity contribution is 0.104. The van der Waals surface area contributed by atoms with Gasteiger partial charge in [0.2, 0.25) is 0 Å². The predicted octanol–water partition coefficient (Wildman–Crippen LogP) is 6.45. The number of rotatable bonds is 0. The highest BCUT2D eigenvalue weighted by Gasteiger charge is 2.27. The average molecular weight is 339 g/mol. The summed E-state index contributed by atoms with van der Waals surface area (Å²) in [6.07, 6.45) is 0. The summed E-state index contributed by atoms with van der Waals surface area (Å²) >= 11 is 6.45. The van der Waals surface area contributed by atoms with Gasteiger partial charge in [0, 0.05) is 26.9 Å². The van der Waals surface area contributed by atoms with E-state index in [4.69, 9.17) is 11.6 Å². The Kier molecular flexibility index (Phi) is 2.35. The van der Waals surface area contributed by atoms with Crippen LogP contribution >= 0.6 is 11.6 Å². The van der Waals surface area contributed by atoms with Crippen LogP contribution in [0.15, 0.2) is 66.7 Å². The molecule has 0 N–H and O–H groups in total. The van der Waals surface area contributed by atoms with Crippen LogP contribution in [0.1, 0.15) is 15.9 Å². The molecule has 0 saturated carbocycles. The van der Waals surface area contributed by atoms with Crippen LogP contribution in [0.4, 0.5) is 0 Å². The van der Waals surface area contributed by atoms with Crippen LogP contribution in [0.5, 0.6) is 0 Å². The molecule has 1 nitrogen and oxygen atoms in total. The third kappa shape index (κ3) is 1.52. The van der Waals surface area contributed by atoms with Gasteiger partial charge in [0.05, 0.1) is 0 Å². The number of hydrogen-bond acceptors (Lipinski definition) is 1. The number of halogens is 1. The van der Waals surface area contributed by atoms with Crippen molar-refractivity contribution in [3.8, 4) is 11.1 Å². The molecule has 0 amide bonds. The Morgan fingerprint density at radius 2 is 1.36 bits per heavy atom. The molecular formula is C23H11ClO. The number of carbonyl (C=O) groups is 1. The van der Waals surface area contributed by atoms with Crippen LogP contribution in [0, 0.1) is 0 Å². The van der Waals surface area contributed by atoms with Gasteiger partial charge in [-0.05, 0) is 44.8 Å². The standard InChI is InChI=1S/C23H11ClO/c24-19-10-7-13-11-18-22-15(14-3-1-2-4-16(14)23(18)25)8-5-12-6-9-17(19)20(13)21(12)22/h1-11H. The zero-order chi connectivity index (χ0) is 16.7. The van der Waals surface area contributed by atoms with Crippen molar-refractivity contribution >= 4 is 49.7 Å². The van der Waals surface area contributed by atoms with Gasteiger partial charge in [-0.1, -0.05) is 66.2 Å². The smallest absolute Gasteiger partial charge is 0.194 e. The van der Waals surface area contributed by atoms with Crippen molar-refractivity contribution in [2.75, 3.05) is 0 Å². The lowest BCUT2D eigenvalue weighted by Crippen LogP contribution is -2.10. The number of benzene rings is 5. The largest absolute Gasteiger partial charge is 0.289 e. The van der Waals surface area contributed by atoms with Crippen molar-refractivity contribution in [2.45, 2.75) is 0 Å². The fourth-order valence-electron chi connectivity index (χ4n) is 4.35. The second kappa shape index (κ2) is 4.38. The lowest BCUT2D eigenvalue weighted by Gasteiger charge is -2.23. The van der Waals surface area contributed by atoms with E-state index in [-0.39, 0.29) is 5.78 Å². The molecule has 0 spiro atoms. The summed E-state index contributed by atoms with van der Waals surface area (Å²) in [5.41, 5.74) is 3.72. The van der Waals surface area contributed by atoms with Gasteiger partial charge in [-0.25, -0.2) is 0 Å². The molecule has 116 valence electrons. The van der Waals surface area contributed by atoms with Crippen molar-refractivity contribution in [1.29, 1.82) is 0 Å². The van der Waals surface area contributed by atoms with Gasteiger partial charge >= 0.3 is 0 Å². The van der Waals surface area contributed by atoms with Crippen molar-refractivity contribution in [3.63, 3.8) is 0 Å². The molecule has 0 unspecified atom stereocenters. The molecule has 0 heterocycles. The van der Waals surface area contributed by atoms with Crippen molar-refractivity contribution in [3.05, 3.63) is 82.9 Å². The highest BCUT2D eigenvalue weighted by Crippen LogP contribution is 2.46. The van der Waals surface area contributed by atoms with Gasteiger partial charge in [0.25, 0.3) is 0 Å². The summed E-state index contributed by atoms with van der Waals surface area (Å²) in [5.74, 6) is 0.105. The maximum absolute atomic E-state index is 13.2. The lowest BCUT2D eigenvalue weighted by atomic mass is 9.79. The summed E-state index contributed by atoms with van der Waals surface area (Å²) < 4.78 is 0. The van der Waals surface area contributed by atoms with E-state index in [1.807, 2.05) is 42.5 Å². The monoisotopic (exact) mass is 338 g/mol. The molecule has 2 heteroatoms. The zero-order valence-electron chi connectivity index (χ0n) is 13.1. The maximum Gasteiger partial charge on any atom is 0.194 e. The fourth-order valence-corrected chi connectivity index (χ4v) is 4.57. The third-order valence-corrected chi connectivity index (χ3v) is 5.75. The zero-order valence-corrected chi connectivity index (χ0v) is 13.9. The highest BCUT2D eigenvalue weighted by molar-refractivity contribution is 6.41. The summed E-state index contributed by atoms with van der Waals surface area (Å²) in [6.45, 7) is 0. The Hall–Kier alpha value is -2.90. The summed E-state index contributed by atoms with van der Waals surface area (Å²) in [7, 11) is 0. The summed E-state index contributed by atoms with van der Waals surface area (Å²) in [4.78, 5) is 13.2. The Balaban J connectivity index is 1.98. The van der Waals surface area contributed by atoms with Crippen LogP contribution in [-0.4, -0.2) is 5.78 Å². The van der Waals surface area contributed by atoms with E-state index in [1.165, 1.54) is 0 Å². The van der Waals surface area contributed by atoms with Gasteiger partial charge < -0.3 is 0 Å². The molecule has 25 heavy (non-hydrogen) atoms. The second-order valence-corrected chi connectivity index (χ2v) is 7.05. The summed E-state index contributed by atoms with van der Waals surface area (Å²) in [5, 5.41) is 7.36. The Morgan fingerprint density at radius 3 is 2.24 bits per heavy atom. The normalized spacial score (nSPS) is 13.1. The Labute approximate surface area is 148 Å². The third-order valence-electron chi connectivity index (χ3n) is 5.42. The maximum atomic E-state index is 13.2. The van der Waals surface area contributed by atoms with Crippen LogP contribution < -0.4 is 0 Å². The van der Waals surface area contributed by atoms with Crippen LogP contribution in [0.3, 0.4) is 0 Å². The molecule has 1 aliphatic carbocycles. The fraction of sp³-hybridized carbons (Fsp3) is 0. The van der Waals surface area contributed by atoms with Gasteiger partial charge in [0.15, 0.2) is 5.78 Å². The van der Waals surface area contributed by atoms with Crippen molar-refractivity contribution < 1.29 is 4.79 Å². The molecule has 0 bridgehead atoms. The minimum atomic E-state index is 0.105. The van der Waals surface area contributed by atoms with Crippen LogP contribution in [-0.2, 0) is 0 Å². The van der Waals surface area contributed by atoms with Crippen molar-refractivity contribution in [1.82, 2.24) is 0 Å². The first-order valence-corrected chi connectivity index (χ1v) is 8.66. The minimum absolute atomic E-state index is 0.105. The van der Waals surface area contributed by atoms with Crippen LogP contribution in [0.2, 0.25) is 5.02 Å². The van der Waals surface area contributed by atoms with Gasteiger partial charge in [-0.15, -0.1) is 0 Å². The topological polar surface area (TPSA) is 17.1 Å². The molecule has 5 aromatic rings. The van der Waals surface area contributed by atoms with Gasteiger partial charge in [0.1, 0.15) is 0 Å². The molecule has 0 atom stereocenters. The van der Waals surface area contributed by atoms with E-state index in [9.17, 15) is 4.79 Å². The van der Waals surface area contributed by atoms with E-state index < -0.39 is 0 Å². The van der Waals surface area contributed by atoms with Gasteiger partial charge in [-0.3, -0.25) is 4.79 Å². The average Bonchev–Trinajstić information content (AvgIpc) is 2.66. The second-order valence-electron chi connectivity index (χ2n) is 6.64. The Morgan fingerprint density at radius 1 is 0.600 bits per heavy atom. The molecule has 0 aliphatic heterocycles. The molecule has 6 rings (SSSR count). The van der Waals surface area contributed by atoms with E-state index in [0.29, 0.717) is 0 Å². The SMILES string of the molecule is O=C1c2ccccc2-c2ccc3ccc4c(Cl)ccc5cc1c2c3c54. The first-order valence-electron chi connectivity index (χ1n) is 8.28. The van der Waals surface area contributed by atoms with E-state index in [1.54, 1.807) is 0 Å². The molecule has 0 fully saturated rings. The Bertz CT molecular complexity index is 1360. The van der Waals surface area contributed by atoms with Crippen molar-refractivity contribution in [2.24, 2.45) is 0 Å². The molecule has 0 radical (unpaired) electrons. The first-order chi connectivity index (χ1) is 12.2. The molecular weight excluding hydrogens is 328 g/mol. The van der Waals surface area contributed by atoms with Gasteiger partial charge in [-0.2, -0.15) is 0 Å². The van der Waals surface area contributed by atoms with E-state index in [0.717, 1.165) is 59.6 Å². The minimum Gasteiger partial charge on any atom is -0.289 e. The summed E-state index contributed by atoms with van der Waals surface area (Å²) in [6, 6.07) is 22.3. The first kappa shape index (κ1) is 13.4. The number of hydrogen-bond donors (Lipinski definition) is 0. The molecule has 0 aromatic heterocycles. The molecule has 0 saturated heterocycles. The molecule has 1 aliphatic rings. The number of carbonyl (C=O) groups excluding carboxylic acids is 1. The highest BCUT2D eigenvalue weighted by atomic mass is 35.5.